The molecule has 0 unspecified atom stereocenters. The molecule has 3 N–H and O–H groups in total. The first-order chi connectivity index (χ1) is 7.99. The predicted molar refractivity (Wildman–Crippen MR) is 58.8 cm³/mol. The molecule has 2 aromatic rings. The first kappa shape index (κ1) is 11.1. The van der Waals surface area contributed by atoms with Crippen LogP contribution in [0.15, 0.2) is 11.1 Å². The molecule has 0 aliphatic rings. The van der Waals surface area contributed by atoms with Crippen LogP contribution in [0.2, 0.25) is 0 Å². The van der Waals surface area contributed by atoms with Crippen molar-refractivity contribution in [3.8, 4) is 0 Å². The number of nitrogens with one attached hydrogen (secondary N) is 2. The van der Waals surface area contributed by atoms with Crippen LogP contribution in [0.3, 0.4) is 0 Å². The van der Waals surface area contributed by atoms with E-state index < -0.39 is 5.56 Å². The lowest BCUT2D eigenvalue weighted by atomic mass is 10.2. The summed E-state index contributed by atoms with van der Waals surface area (Å²) in [5.74, 6) is -0.538. The van der Waals surface area contributed by atoms with Gasteiger partial charge < -0.3 is 5.21 Å². The van der Waals surface area contributed by atoms with Crippen LogP contribution in [0.25, 0.3) is 11.2 Å². The van der Waals surface area contributed by atoms with Crippen molar-refractivity contribution in [1.82, 2.24) is 19.7 Å². The summed E-state index contributed by atoms with van der Waals surface area (Å²) >= 11 is 0. The van der Waals surface area contributed by atoms with Crippen LogP contribution < -0.4 is 10.9 Å². The van der Waals surface area contributed by atoms with Gasteiger partial charge in [-0.1, -0.05) is 13.8 Å². The number of carbonyl (C=O) groups excluding carboxylic acids is 1. The van der Waals surface area contributed by atoms with E-state index in [1.165, 1.54) is 0 Å². The minimum atomic E-state index is -0.526. The maximum Gasteiger partial charge on any atom is 0.280 e. The van der Waals surface area contributed by atoms with Gasteiger partial charge in [0.05, 0.1) is 0 Å². The maximum atomic E-state index is 11.5. The van der Waals surface area contributed by atoms with Gasteiger partial charge in [-0.2, -0.15) is 9.71 Å². The van der Waals surface area contributed by atoms with Gasteiger partial charge in [0, 0.05) is 5.92 Å². The van der Waals surface area contributed by atoms with Crippen LogP contribution in [0.1, 0.15) is 13.8 Å². The van der Waals surface area contributed by atoms with E-state index in [0.717, 1.165) is 6.33 Å². The highest BCUT2D eigenvalue weighted by Gasteiger charge is 2.13. The van der Waals surface area contributed by atoms with Gasteiger partial charge in [0.25, 0.3) is 5.56 Å². The Balaban J connectivity index is 2.46. The van der Waals surface area contributed by atoms with Gasteiger partial charge in [0.15, 0.2) is 5.52 Å². The Morgan fingerprint density at radius 3 is 2.94 bits per heavy atom. The van der Waals surface area contributed by atoms with Gasteiger partial charge in [0.1, 0.15) is 6.33 Å². The number of fused-ring (bicyclic) bond motifs is 1. The summed E-state index contributed by atoms with van der Waals surface area (Å²) in [5, 5.41) is 11.8. The molecule has 0 aliphatic heterocycles. The van der Waals surface area contributed by atoms with Crippen molar-refractivity contribution in [3.05, 3.63) is 16.7 Å². The van der Waals surface area contributed by atoms with Crippen LogP contribution >= 0.6 is 0 Å². The van der Waals surface area contributed by atoms with Crippen molar-refractivity contribution in [2.24, 2.45) is 5.92 Å². The van der Waals surface area contributed by atoms with E-state index >= 15 is 0 Å². The largest absolute Gasteiger partial charge is 0.425 e. The monoisotopic (exact) mass is 237 g/mol. The van der Waals surface area contributed by atoms with Gasteiger partial charge in [0.2, 0.25) is 17.5 Å². The molecule has 0 atom stereocenters. The predicted octanol–water partition coefficient (Wildman–Crippen LogP) is -0.0486. The number of nitrogens with zero attached hydrogens (tertiary/aromatic N) is 3. The Kier molecular flexibility index (Phi) is 2.54. The van der Waals surface area contributed by atoms with E-state index in [2.05, 4.69) is 20.3 Å². The molecule has 0 saturated carbocycles. The Morgan fingerprint density at radius 1 is 1.59 bits per heavy atom. The van der Waals surface area contributed by atoms with E-state index in [0.29, 0.717) is 4.73 Å². The average Bonchev–Trinajstić information content (AvgIpc) is 2.61. The number of anilines is 1. The van der Waals surface area contributed by atoms with Gasteiger partial charge in [-0.15, -0.1) is 0 Å². The number of carbonyl (C=O) groups is 1. The van der Waals surface area contributed by atoms with Crippen molar-refractivity contribution in [1.29, 1.82) is 0 Å². The highest BCUT2D eigenvalue weighted by molar-refractivity contribution is 5.90. The van der Waals surface area contributed by atoms with Crippen LogP contribution in [0.4, 0.5) is 5.95 Å². The van der Waals surface area contributed by atoms with Crippen molar-refractivity contribution < 1.29 is 10.0 Å². The molecule has 8 heteroatoms. The summed E-state index contributed by atoms with van der Waals surface area (Å²) in [7, 11) is 0. The second-order valence-electron chi connectivity index (χ2n) is 3.82. The third-order valence-corrected chi connectivity index (χ3v) is 2.16. The second kappa shape index (κ2) is 3.89. The maximum absolute atomic E-state index is 11.5. The minimum absolute atomic E-state index is 0.00666. The zero-order valence-corrected chi connectivity index (χ0v) is 9.26. The van der Waals surface area contributed by atoms with Crippen LogP contribution in [-0.2, 0) is 4.79 Å². The topological polar surface area (TPSA) is 113 Å². The first-order valence-electron chi connectivity index (χ1n) is 4.96. The SMILES string of the molecule is CC(C)C(=O)Nc1nc2c(ncn2O)c(=O)[nH]1. The molecule has 1 amide bonds. The number of H-pyrrole nitrogens is 1. The number of amides is 1. The molecule has 2 rings (SSSR count). The molecular weight excluding hydrogens is 226 g/mol. The summed E-state index contributed by atoms with van der Waals surface area (Å²) in [6.45, 7) is 3.42. The average molecular weight is 237 g/mol. The highest BCUT2D eigenvalue weighted by atomic mass is 16.5. The molecule has 0 radical (unpaired) electrons. The number of rotatable bonds is 2. The Bertz CT molecular complexity index is 627. The molecule has 2 heterocycles. The van der Waals surface area contributed by atoms with Crippen LogP contribution in [0.5, 0.6) is 0 Å². The van der Waals surface area contributed by atoms with E-state index in [4.69, 9.17) is 0 Å². The molecule has 2 aromatic heterocycles. The van der Waals surface area contributed by atoms with E-state index in [9.17, 15) is 14.8 Å². The highest BCUT2D eigenvalue weighted by Crippen LogP contribution is 2.06. The smallest absolute Gasteiger partial charge is 0.280 e. The van der Waals surface area contributed by atoms with Crippen molar-refractivity contribution in [2.75, 3.05) is 5.32 Å². The molecule has 0 aliphatic carbocycles. The quantitative estimate of drug-likeness (QED) is 0.634. The van der Waals surface area contributed by atoms with Crippen LogP contribution in [-0.4, -0.2) is 30.8 Å². The molecule has 90 valence electrons. The van der Waals surface area contributed by atoms with Gasteiger partial charge in [-0.3, -0.25) is 19.9 Å². The number of aromatic amines is 1. The molecule has 0 aromatic carbocycles. The number of aromatic nitrogens is 4. The molecule has 17 heavy (non-hydrogen) atoms. The lowest BCUT2D eigenvalue weighted by Gasteiger charge is -2.06. The van der Waals surface area contributed by atoms with E-state index in [1.807, 2.05) is 0 Å². The Labute approximate surface area is 95.3 Å². The standard InChI is InChI=1S/C9H11N5O3/c1-4(2)7(15)12-9-11-6-5(8(16)13-9)10-3-14(6)17/h3-4,17H,1-2H3,(H2,11,12,13,15,16). The van der Waals surface area contributed by atoms with Crippen molar-refractivity contribution >= 4 is 23.0 Å². The number of imidazole rings is 1. The lowest BCUT2D eigenvalue weighted by molar-refractivity contribution is -0.118. The van der Waals surface area contributed by atoms with E-state index in [1.54, 1.807) is 13.8 Å². The first-order valence-corrected chi connectivity index (χ1v) is 4.96. The fourth-order valence-electron chi connectivity index (χ4n) is 1.22. The fraction of sp³-hybridized carbons (Fsp3) is 0.333. The summed E-state index contributed by atoms with van der Waals surface area (Å²) in [6.07, 6.45) is 1.06. The zero-order chi connectivity index (χ0) is 12.6. The van der Waals surface area contributed by atoms with Gasteiger partial charge in [-0.05, 0) is 0 Å². The molecule has 0 fully saturated rings. The summed E-state index contributed by atoms with van der Waals surface area (Å²) in [5.41, 5.74) is -0.523. The Morgan fingerprint density at radius 2 is 2.29 bits per heavy atom. The summed E-state index contributed by atoms with van der Waals surface area (Å²) in [6, 6.07) is 0. The molecule has 0 bridgehead atoms. The zero-order valence-electron chi connectivity index (χ0n) is 9.26. The van der Waals surface area contributed by atoms with E-state index in [-0.39, 0.29) is 28.9 Å². The summed E-state index contributed by atoms with van der Waals surface area (Å²) in [4.78, 5) is 32.9. The summed E-state index contributed by atoms with van der Waals surface area (Å²) < 4.78 is 0.621. The van der Waals surface area contributed by atoms with Gasteiger partial charge in [-0.25, -0.2) is 4.98 Å². The Hall–Kier alpha value is -2.38. The van der Waals surface area contributed by atoms with Crippen molar-refractivity contribution in [3.63, 3.8) is 0 Å². The molecule has 0 saturated heterocycles. The van der Waals surface area contributed by atoms with Crippen molar-refractivity contribution in [2.45, 2.75) is 13.8 Å². The third kappa shape index (κ3) is 1.96. The molecular formula is C9H11N5O3. The molecule has 0 spiro atoms. The third-order valence-electron chi connectivity index (χ3n) is 2.16. The van der Waals surface area contributed by atoms with Crippen LogP contribution in [0, 0.1) is 5.92 Å². The molecule has 8 nitrogen and oxygen atoms in total. The minimum Gasteiger partial charge on any atom is -0.425 e. The number of hydrogen-bond acceptors (Lipinski definition) is 5. The fourth-order valence-corrected chi connectivity index (χ4v) is 1.22. The second-order valence-corrected chi connectivity index (χ2v) is 3.82. The van der Waals surface area contributed by atoms with Gasteiger partial charge >= 0.3 is 0 Å². The number of hydrogen-bond donors (Lipinski definition) is 3. The lowest BCUT2D eigenvalue weighted by Crippen LogP contribution is -2.22. The normalized spacial score (nSPS) is 11.0.